The van der Waals surface area contributed by atoms with Gasteiger partial charge in [0, 0.05) is 17.5 Å². The van der Waals surface area contributed by atoms with Crippen molar-refractivity contribution in [3.63, 3.8) is 0 Å². The van der Waals surface area contributed by atoms with Gasteiger partial charge in [-0.3, -0.25) is 20.2 Å². The fourth-order valence-corrected chi connectivity index (χ4v) is 2.83. The Hall–Kier alpha value is -2.18. The van der Waals surface area contributed by atoms with Gasteiger partial charge in [-0.15, -0.1) is 0 Å². The number of nitro groups is 2. The number of nitrogens with zero attached hydrogens (tertiary/aromatic N) is 2. The summed E-state index contributed by atoms with van der Waals surface area (Å²) in [5.41, 5.74) is 0.625. The van der Waals surface area contributed by atoms with E-state index in [-0.39, 0.29) is 22.5 Å². The first-order chi connectivity index (χ1) is 15.7. The van der Waals surface area contributed by atoms with Crippen LogP contribution in [0.1, 0.15) is 31.8 Å². The van der Waals surface area contributed by atoms with E-state index in [2.05, 4.69) is 25.4 Å². The van der Waals surface area contributed by atoms with Crippen LogP contribution in [0.2, 0.25) is 0 Å². The van der Waals surface area contributed by atoms with Gasteiger partial charge in [0.15, 0.2) is 0 Å². The summed E-state index contributed by atoms with van der Waals surface area (Å²) in [4.78, 5) is 42.7. The fraction of sp³-hybridized carbons (Fsp3) is 0.263. The fourth-order valence-electron chi connectivity index (χ4n) is 2.36. The van der Waals surface area contributed by atoms with E-state index in [1.54, 1.807) is 19.1 Å². The Labute approximate surface area is 222 Å². The molecule has 2 aromatic rings. The number of hydrogen-bond acceptors (Lipinski definition) is 8. The molecular formula is C19H17BrCl4N2O8. The SMILES string of the molecule is COC(=O)c1c(C)cccc1[N+](=O)[O-].COC(=O)c1c(CBr)cccc1[N+](=O)[O-].ClC(Cl)(Cl)Cl. The molecule has 34 heavy (non-hydrogen) atoms. The van der Waals surface area contributed by atoms with E-state index < -0.39 is 25.0 Å². The van der Waals surface area contributed by atoms with Gasteiger partial charge >= 0.3 is 11.9 Å². The lowest BCUT2D eigenvalue weighted by atomic mass is 10.1. The first-order valence-corrected chi connectivity index (χ1v) is 11.3. The van der Waals surface area contributed by atoms with Gasteiger partial charge in [-0.1, -0.05) is 86.6 Å². The van der Waals surface area contributed by atoms with Crippen LogP contribution in [0.4, 0.5) is 11.4 Å². The highest BCUT2D eigenvalue weighted by Gasteiger charge is 2.24. The standard InChI is InChI=1S/C9H8BrNO4.C9H9NO4.CCl4/c1-15-9(12)8-6(5-10)3-2-4-7(8)11(13)14;1-6-4-3-5-7(10(12)13)8(6)9(11)14-2;2-1(3,4)5/h2-4H,5H2,1H3;3-5H,1-2H3;. The largest absolute Gasteiger partial charge is 0.465 e. The van der Waals surface area contributed by atoms with Crippen LogP contribution >= 0.6 is 62.3 Å². The van der Waals surface area contributed by atoms with E-state index in [4.69, 9.17) is 46.4 Å². The molecule has 0 atom stereocenters. The number of carbonyl (C=O) groups is 2. The number of methoxy groups -OCH3 is 2. The molecule has 2 rings (SSSR count). The third-order valence-corrected chi connectivity index (χ3v) is 4.30. The Bertz CT molecular complexity index is 1040. The second kappa shape index (κ2) is 14.9. The summed E-state index contributed by atoms with van der Waals surface area (Å²) < 4.78 is 7.36. The number of alkyl halides is 5. The highest BCUT2D eigenvalue weighted by Crippen LogP contribution is 2.30. The molecule has 0 aliphatic rings. The molecule has 0 aliphatic carbocycles. The minimum atomic E-state index is -1.61. The maximum Gasteiger partial charge on any atom is 0.345 e. The van der Waals surface area contributed by atoms with Gasteiger partial charge in [-0.25, -0.2) is 9.59 Å². The number of esters is 2. The Morgan fingerprint density at radius 2 is 1.26 bits per heavy atom. The average Bonchev–Trinajstić information content (AvgIpc) is 2.76. The van der Waals surface area contributed by atoms with Gasteiger partial charge in [0.2, 0.25) is 0 Å². The number of rotatable bonds is 5. The zero-order valence-electron chi connectivity index (χ0n) is 17.7. The zero-order chi connectivity index (χ0) is 26.6. The number of halogens is 5. The molecule has 0 heterocycles. The van der Waals surface area contributed by atoms with E-state index in [0.29, 0.717) is 16.5 Å². The third kappa shape index (κ3) is 10.8. The summed E-state index contributed by atoms with van der Waals surface area (Å²) in [5.74, 6) is -1.38. The summed E-state index contributed by atoms with van der Waals surface area (Å²) in [5, 5.41) is 21.6. The second-order valence-electron chi connectivity index (χ2n) is 5.84. The Balaban J connectivity index is 0.000000537. The van der Waals surface area contributed by atoms with Crippen molar-refractivity contribution < 1.29 is 28.9 Å². The quantitative estimate of drug-likeness (QED) is 0.159. The molecule has 0 N–H and O–H groups in total. The van der Waals surface area contributed by atoms with Crippen LogP contribution in [-0.2, 0) is 14.8 Å². The van der Waals surface area contributed by atoms with E-state index in [9.17, 15) is 29.8 Å². The van der Waals surface area contributed by atoms with Crippen molar-refractivity contribution in [3.8, 4) is 0 Å². The highest BCUT2D eigenvalue weighted by atomic mass is 79.9. The summed E-state index contributed by atoms with van der Waals surface area (Å²) in [6, 6.07) is 8.87. The van der Waals surface area contributed by atoms with Crippen LogP contribution in [0.25, 0.3) is 0 Å². The van der Waals surface area contributed by atoms with Gasteiger partial charge in [-0.2, -0.15) is 0 Å². The van der Waals surface area contributed by atoms with E-state index in [1.165, 1.54) is 38.5 Å². The molecule has 0 radical (unpaired) electrons. The maximum absolute atomic E-state index is 11.4. The van der Waals surface area contributed by atoms with Crippen LogP contribution in [0.15, 0.2) is 36.4 Å². The molecule has 0 aromatic heterocycles. The predicted octanol–water partition coefficient (Wildman–Crippen LogP) is 6.52. The molecule has 0 fully saturated rings. The molecule has 0 saturated carbocycles. The molecular weight excluding hydrogens is 606 g/mol. The normalized spacial score (nSPS) is 10.0. The number of nitro benzene ring substituents is 2. The lowest BCUT2D eigenvalue weighted by Gasteiger charge is -2.05. The Kier molecular flexibility index (Phi) is 14.0. The molecule has 2 aromatic carbocycles. The summed E-state index contributed by atoms with van der Waals surface area (Å²) in [6.07, 6.45) is 0. The molecule has 0 aliphatic heterocycles. The Morgan fingerprint density at radius 3 is 1.65 bits per heavy atom. The van der Waals surface area contributed by atoms with E-state index in [1.807, 2.05) is 0 Å². The molecule has 0 amide bonds. The number of carbonyl (C=O) groups excluding carboxylic acids is 2. The number of benzene rings is 2. The Morgan fingerprint density at radius 1 is 0.882 bits per heavy atom. The number of aryl methyl sites for hydroxylation is 1. The van der Waals surface area contributed by atoms with Crippen LogP contribution in [0.5, 0.6) is 0 Å². The molecule has 0 bridgehead atoms. The van der Waals surface area contributed by atoms with E-state index in [0.717, 1.165) is 0 Å². The van der Waals surface area contributed by atoms with Crippen molar-refractivity contribution in [1.82, 2.24) is 0 Å². The van der Waals surface area contributed by atoms with E-state index >= 15 is 0 Å². The van der Waals surface area contributed by atoms with Gasteiger partial charge in [0.05, 0.1) is 24.1 Å². The van der Waals surface area contributed by atoms with Crippen molar-refractivity contribution in [1.29, 1.82) is 0 Å². The van der Waals surface area contributed by atoms with Crippen molar-refractivity contribution in [2.45, 2.75) is 15.5 Å². The van der Waals surface area contributed by atoms with Gasteiger partial charge < -0.3 is 9.47 Å². The molecule has 186 valence electrons. The monoisotopic (exact) mass is 620 g/mol. The minimum absolute atomic E-state index is 0.00174. The average molecular weight is 623 g/mol. The van der Waals surface area contributed by atoms with Crippen LogP contribution in [-0.4, -0.2) is 39.3 Å². The smallest absolute Gasteiger partial charge is 0.345 e. The summed E-state index contributed by atoms with van der Waals surface area (Å²) >= 11 is 22.5. The summed E-state index contributed by atoms with van der Waals surface area (Å²) in [7, 11) is 2.38. The third-order valence-electron chi connectivity index (χ3n) is 3.70. The lowest BCUT2D eigenvalue weighted by Crippen LogP contribution is -2.08. The van der Waals surface area contributed by atoms with Crippen molar-refractivity contribution in [3.05, 3.63) is 78.9 Å². The molecule has 15 heteroatoms. The second-order valence-corrected chi connectivity index (χ2v) is 9.83. The minimum Gasteiger partial charge on any atom is -0.465 e. The van der Waals surface area contributed by atoms with Crippen LogP contribution in [0.3, 0.4) is 0 Å². The van der Waals surface area contributed by atoms with Gasteiger partial charge in [-0.05, 0) is 18.1 Å². The molecule has 10 nitrogen and oxygen atoms in total. The topological polar surface area (TPSA) is 139 Å². The maximum atomic E-state index is 11.4. The molecule has 0 unspecified atom stereocenters. The van der Waals surface area contributed by atoms with Crippen molar-refractivity contribution in [2.75, 3.05) is 14.2 Å². The zero-order valence-corrected chi connectivity index (χ0v) is 22.3. The number of hydrogen-bond donors (Lipinski definition) is 0. The summed E-state index contributed by atoms with van der Waals surface area (Å²) in [6.45, 7) is 1.62. The predicted molar refractivity (Wildman–Crippen MR) is 132 cm³/mol. The lowest BCUT2D eigenvalue weighted by molar-refractivity contribution is -0.385. The molecule has 0 spiro atoms. The first kappa shape index (κ1) is 31.8. The first-order valence-electron chi connectivity index (χ1n) is 8.68. The van der Waals surface area contributed by atoms with Gasteiger partial charge in [0.25, 0.3) is 14.6 Å². The highest BCUT2D eigenvalue weighted by molar-refractivity contribution is 9.08. The van der Waals surface area contributed by atoms with Crippen molar-refractivity contribution in [2.24, 2.45) is 0 Å². The van der Waals surface area contributed by atoms with Gasteiger partial charge in [0.1, 0.15) is 11.1 Å². The molecule has 0 saturated heterocycles. The van der Waals surface area contributed by atoms with Crippen LogP contribution in [0, 0.1) is 27.2 Å². The van der Waals surface area contributed by atoms with Crippen LogP contribution < -0.4 is 0 Å². The van der Waals surface area contributed by atoms with Crippen molar-refractivity contribution >= 4 is 85.6 Å². The number of ether oxygens (including phenoxy) is 2.